The minimum absolute atomic E-state index is 0.0600. The molecule has 0 saturated carbocycles. The van der Waals surface area contributed by atoms with Gasteiger partial charge in [0.05, 0.1) is 16.2 Å². The third kappa shape index (κ3) is 4.53. The van der Waals surface area contributed by atoms with Crippen LogP contribution in [0.15, 0.2) is 72.8 Å². The van der Waals surface area contributed by atoms with E-state index in [0.29, 0.717) is 22.5 Å². The van der Waals surface area contributed by atoms with Crippen molar-refractivity contribution in [2.75, 3.05) is 23.7 Å². The van der Waals surface area contributed by atoms with E-state index in [0.717, 1.165) is 30.8 Å². The third-order valence-corrected chi connectivity index (χ3v) is 5.33. The summed E-state index contributed by atoms with van der Waals surface area (Å²) in [5.41, 5.74) is 4.85. The highest BCUT2D eigenvalue weighted by atomic mass is 16.6. The van der Waals surface area contributed by atoms with E-state index < -0.39 is 4.92 Å². The molecule has 0 unspecified atom stereocenters. The van der Waals surface area contributed by atoms with Gasteiger partial charge < -0.3 is 16.0 Å². The third-order valence-electron chi connectivity index (χ3n) is 5.33. The first-order chi connectivity index (χ1) is 15.6. The first-order valence-electron chi connectivity index (χ1n) is 10.5. The van der Waals surface area contributed by atoms with Gasteiger partial charge >= 0.3 is 0 Å². The Hall–Kier alpha value is -3.97. The molecule has 0 bridgehead atoms. The number of likely N-dealkylation sites (N-methyl/N-ethyl adjacent to an activating group) is 1. The maximum Gasteiger partial charge on any atom is 0.270 e. The molecule has 7 nitrogen and oxygen atoms in total. The second kappa shape index (κ2) is 9.45. The van der Waals surface area contributed by atoms with Crippen LogP contribution in [0.3, 0.4) is 0 Å². The molecule has 0 atom stereocenters. The van der Waals surface area contributed by atoms with Gasteiger partial charge in [0.25, 0.3) is 11.6 Å². The van der Waals surface area contributed by atoms with Gasteiger partial charge in [0.15, 0.2) is 0 Å². The number of amides is 1. The molecule has 0 fully saturated rings. The molecule has 7 heteroatoms. The van der Waals surface area contributed by atoms with E-state index in [9.17, 15) is 14.9 Å². The Bertz CT molecular complexity index is 1170. The minimum Gasteiger partial charge on any atom is -0.354 e. The number of nitro groups is 1. The second-order valence-electron chi connectivity index (χ2n) is 7.48. The number of non-ortho nitro benzene ring substituents is 1. The second-order valence-corrected chi connectivity index (χ2v) is 7.48. The van der Waals surface area contributed by atoms with Crippen molar-refractivity contribution in [1.82, 2.24) is 5.32 Å². The summed E-state index contributed by atoms with van der Waals surface area (Å²) in [5.74, 6) is -0.297. The smallest absolute Gasteiger partial charge is 0.270 e. The summed E-state index contributed by atoms with van der Waals surface area (Å²) in [6.07, 6.45) is 0.931. The molecule has 0 radical (unpaired) electrons. The Labute approximate surface area is 186 Å². The highest BCUT2D eigenvalue weighted by molar-refractivity contribution is 6.37. The zero-order chi connectivity index (χ0) is 22.5. The highest BCUT2D eigenvalue weighted by Crippen LogP contribution is 2.39. The van der Waals surface area contributed by atoms with Crippen LogP contribution in [0.5, 0.6) is 0 Å². The fourth-order valence-corrected chi connectivity index (χ4v) is 3.71. The van der Waals surface area contributed by atoms with Gasteiger partial charge in [0.1, 0.15) is 0 Å². The monoisotopic (exact) mass is 428 g/mol. The van der Waals surface area contributed by atoms with Gasteiger partial charge in [0, 0.05) is 29.1 Å². The molecular weight excluding hydrogens is 404 g/mol. The normalized spacial score (nSPS) is 14.0. The first kappa shape index (κ1) is 21.3. The van der Waals surface area contributed by atoms with Crippen molar-refractivity contribution in [3.8, 4) is 0 Å². The molecule has 1 amide bonds. The molecule has 0 saturated heterocycles. The van der Waals surface area contributed by atoms with Crippen LogP contribution in [0.1, 0.15) is 23.6 Å². The van der Waals surface area contributed by atoms with Gasteiger partial charge in [-0.1, -0.05) is 49.4 Å². The van der Waals surface area contributed by atoms with Gasteiger partial charge in [-0.15, -0.1) is 0 Å². The lowest BCUT2D eigenvalue weighted by Gasteiger charge is -2.15. The number of anilines is 2. The number of hydrogen-bond acceptors (Lipinski definition) is 5. The molecule has 4 rings (SSSR count). The lowest BCUT2D eigenvalue weighted by molar-refractivity contribution is -0.384. The summed E-state index contributed by atoms with van der Waals surface area (Å²) in [4.78, 5) is 23.8. The predicted molar refractivity (Wildman–Crippen MR) is 127 cm³/mol. The van der Waals surface area contributed by atoms with Gasteiger partial charge in [-0.05, 0) is 48.8 Å². The predicted octanol–water partition coefficient (Wildman–Crippen LogP) is 4.68. The maximum absolute atomic E-state index is 12.9. The standard InChI is InChI=1S/C25H24N4O3/c1-2-26-15-14-17-8-10-19(11-9-17)27-24(18-6-4-3-5-7-18)23-21-16-20(29(31)32)12-13-22(21)28-25(23)30/h3-13,16,26-27H,2,14-15H2,1H3,(H,28,30). The van der Waals surface area contributed by atoms with E-state index in [1.54, 1.807) is 6.07 Å². The molecule has 1 heterocycles. The number of hydrogen-bond donors (Lipinski definition) is 3. The number of benzene rings is 3. The van der Waals surface area contributed by atoms with Crippen LogP contribution >= 0.6 is 0 Å². The van der Waals surface area contributed by atoms with Crippen LogP contribution in [0.25, 0.3) is 11.3 Å². The summed E-state index contributed by atoms with van der Waals surface area (Å²) < 4.78 is 0. The largest absolute Gasteiger partial charge is 0.354 e. The van der Waals surface area contributed by atoms with E-state index >= 15 is 0 Å². The Morgan fingerprint density at radius 2 is 1.78 bits per heavy atom. The Balaban J connectivity index is 1.75. The van der Waals surface area contributed by atoms with E-state index in [4.69, 9.17) is 0 Å². The van der Waals surface area contributed by atoms with Crippen molar-refractivity contribution in [3.05, 3.63) is 99.6 Å². The maximum atomic E-state index is 12.9. The van der Waals surface area contributed by atoms with Gasteiger partial charge in [-0.25, -0.2) is 0 Å². The average molecular weight is 428 g/mol. The number of carbonyl (C=O) groups is 1. The molecule has 162 valence electrons. The highest BCUT2D eigenvalue weighted by Gasteiger charge is 2.30. The molecule has 0 spiro atoms. The quantitative estimate of drug-likeness (QED) is 0.210. The van der Waals surface area contributed by atoms with Crippen LogP contribution < -0.4 is 16.0 Å². The van der Waals surface area contributed by atoms with Crippen LogP contribution in [0.4, 0.5) is 17.1 Å². The number of fused-ring (bicyclic) bond motifs is 1. The summed E-state index contributed by atoms with van der Waals surface area (Å²) in [7, 11) is 0. The van der Waals surface area contributed by atoms with Crippen molar-refractivity contribution < 1.29 is 9.72 Å². The number of nitrogens with one attached hydrogen (secondary N) is 3. The van der Waals surface area contributed by atoms with Crippen LogP contribution in [-0.2, 0) is 11.2 Å². The summed E-state index contributed by atoms with van der Waals surface area (Å²) in [6, 6.07) is 22.0. The Morgan fingerprint density at radius 1 is 1.03 bits per heavy atom. The van der Waals surface area contributed by atoms with Gasteiger partial charge in [-0.2, -0.15) is 0 Å². The average Bonchev–Trinajstić information content (AvgIpc) is 3.14. The van der Waals surface area contributed by atoms with Crippen LogP contribution in [0.2, 0.25) is 0 Å². The van der Waals surface area contributed by atoms with E-state index in [1.165, 1.54) is 17.7 Å². The topological polar surface area (TPSA) is 96.3 Å². The van der Waals surface area contributed by atoms with Gasteiger partial charge in [0.2, 0.25) is 0 Å². The van der Waals surface area contributed by atoms with E-state index in [1.807, 2.05) is 42.5 Å². The van der Waals surface area contributed by atoms with Gasteiger partial charge in [-0.3, -0.25) is 14.9 Å². The molecule has 32 heavy (non-hydrogen) atoms. The molecule has 3 aromatic rings. The molecule has 0 aliphatic carbocycles. The van der Waals surface area contributed by atoms with Crippen LogP contribution in [-0.4, -0.2) is 23.9 Å². The minimum atomic E-state index is -0.456. The molecule has 1 aliphatic heterocycles. The van der Waals surface area contributed by atoms with E-state index in [-0.39, 0.29) is 11.6 Å². The van der Waals surface area contributed by atoms with Crippen molar-refractivity contribution in [1.29, 1.82) is 0 Å². The fourth-order valence-electron chi connectivity index (χ4n) is 3.71. The molecule has 3 aromatic carbocycles. The summed E-state index contributed by atoms with van der Waals surface area (Å²) >= 11 is 0. The zero-order valence-electron chi connectivity index (χ0n) is 17.7. The molecule has 1 aliphatic rings. The number of carbonyl (C=O) groups excluding carboxylic acids is 1. The number of rotatable bonds is 8. The first-order valence-corrected chi connectivity index (χ1v) is 10.5. The lowest BCUT2D eigenvalue weighted by atomic mass is 9.99. The Morgan fingerprint density at radius 3 is 2.47 bits per heavy atom. The van der Waals surface area contributed by atoms with Crippen molar-refractivity contribution in [2.45, 2.75) is 13.3 Å². The lowest BCUT2D eigenvalue weighted by Crippen LogP contribution is -2.16. The van der Waals surface area contributed by atoms with E-state index in [2.05, 4.69) is 35.0 Å². The van der Waals surface area contributed by atoms with Crippen molar-refractivity contribution in [3.63, 3.8) is 0 Å². The summed E-state index contributed by atoms with van der Waals surface area (Å²) in [5, 5.41) is 20.8. The van der Waals surface area contributed by atoms with Crippen molar-refractivity contribution >= 4 is 34.2 Å². The number of nitro benzene ring substituents is 1. The molecule has 0 aromatic heterocycles. The zero-order valence-corrected chi connectivity index (χ0v) is 17.7. The van der Waals surface area contributed by atoms with Crippen LogP contribution in [0, 0.1) is 10.1 Å². The van der Waals surface area contributed by atoms with Crippen molar-refractivity contribution in [2.24, 2.45) is 0 Å². The fraction of sp³-hybridized carbons (Fsp3) is 0.160. The Kier molecular flexibility index (Phi) is 6.28. The summed E-state index contributed by atoms with van der Waals surface area (Å²) in [6.45, 7) is 3.94. The SMILES string of the molecule is CCNCCc1ccc(NC(=C2C(=O)Nc3ccc([N+](=O)[O-])cc32)c2ccccc2)cc1. The molecule has 3 N–H and O–H groups in total. The number of nitrogens with zero attached hydrogens (tertiary/aromatic N) is 1. The molecular formula is C25H24N4O3.